The van der Waals surface area contributed by atoms with Gasteiger partial charge in [-0.25, -0.2) is 0 Å². The number of rotatable bonds is 5. The molecule has 0 unspecified atom stereocenters. The van der Waals surface area contributed by atoms with Crippen molar-refractivity contribution in [3.63, 3.8) is 0 Å². The Labute approximate surface area is 115 Å². The van der Waals surface area contributed by atoms with Crippen molar-refractivity contribution >= 4 is 30.8 Å². The summed E-state index contributed by atoms with van der Waals surface area (Å²) in [5, 5.41) is 3.30. The summed E-state index contributed by atoms with van der Waals surface area (Å²) in [6.45, 7) is 0.842. The summed E-state index contributed by atoms with van der Waals surface area (Å²) < 4.78 is 16.9. The van der Waals surface area contributed by atoms with Crippen LogP contribution in [0.3, 0.4) is 0 Å². The predicted molar refractivity (Wildman–Crippen MR) is 73.8 cm³/mol. The van der Waals surface area contributed by atoms with Crippen molar-refractivity contribution in [1.82, 2.24) is 19.5 Å². The Hall–Kier alpha value is -1.88. The monoisotopic (exact) mass is 292 g/mol. The molecule has 0 atom stereocenters. The molecule has 0 amide bonds. The van der Waals surface area contributed by atoms with Gasteiger partial charge in [0.05, 0.1) is 0 Å². The Bertz CT molecular complexity index is 736. The molecule has 0 spiro atoms. The van der Waals surface area contributed by atoms with Crippen LogP contribution in [0.1, 0.15) is 12.8 Å². The fraction of sp³-hybridized carbons (Fsp3) is 0.455. The number of nitrogen functional groups attached to an aromatic ring is 1. The second-order valence-corrected chi connectivity index (χ2v) is 4.86. The van der Waals surface area contributed by atoms with E-state index in [1.54, 1.807) is 6.33 Å². The third-order valence-electron chi connectivity index (χ3n) is 2.94. The maximum absolute atomic E-state index is 10.2. The van der Waals surface area contributed by atoms with Crippen molar-refractivity contribution in [2.75, 3.05) is 17.7 Å². The number of nitrogens with one attached hydrogen (secondary N) is 1. The van der Waals surface area contributed by atoms with E-state index in [4.69, 9.17) is 10.5 Å². The van der Waals surface area contributed by atoms with Gasteiger partial charge in [0.1, 0.15) is 0 Å². The first-order chi connectivity index (χ1) is 9.78. The van der Waals surface area contributed by atoms with Crippen LogP contribution in [0.15, 0.2) is 6.33 Å². The Morgan fingerprint density at radius 1 is 1.55 bits per heavy atom. The van der Waals surface area contributed by atoms with Crippen LogP contribution >= 0.6 is 7.92 Å². The summed E-state index contributed by atoms with van der Waals surface area (Å²) in [5.41, 5.74) is 7.09. The topological polar surface area (TPSA) is 108 Å². The standard InChI is InChI=1S/C11H13N6O2P/c12-11-15-9(14-7-1-2-7)8-10(16-11)17(5-13-8)3-4-19-6-20-18/h5,7H,1-4H2,(H3,12,14,15,16). The van der Waals surface area contributed by atoms with Crippen molar-refractivity contribution in [3.8, 4) is 5.81 Å². The molecule has 1 aliphatic rings. The molecule has 104 valence electrons. The molecule has 0 aliphatic heterocycles. The Morgan fingerprint density at radius 2 is 2.40 bits per heavy atom. The normalized spacial score (nSPS) is 14.2. The van der Waals surface area contributed by atoms with Gasteiger partial charge < -0.3 is 0 Å². The molecule has 1 aliphatic carbocycles. The molecular weight excluding hydrogens is 279 g/mol. The van der Waals surface area contributed by atoms with Gasteiger partial charge in [0.25, 0.3) is 0 Å². The predicted octanol–water partition coefficient (Wildman–Crippen LogP) is 1.21. The molecule has 9 heteroatoms. The molecule has 3 N–H and O–H groups in total. The van der Waals surface area contributed by atoms with Gasteiger partial charge in [-0.05, 0) is 0 Å². The van der Waals surface area contributed by atoms with Crippen LogP contribution in [0.4, 0.5) is 11.8 Å². The Morgan fingerprint density at radius 3 is 3.15 bits per heavy atom. The second kappa shape index (κ2) is 5.63. The minimum absolute atomic E-state index is 0.208. The van der Waals surface area contributed by atoms with Crippen molar-refractivity contribution in [2.45, 2.75) is 25.4 Å². The van der Waals surface area contributed by atoms with E-state index in [9.17, 15) is 4.57 Å². The van der Waals surface area contributed by atoms with E-state index >= 15 is 0 Å². The third kappa shape index (κ3) is 2.82. The van der Waals surface area contributed by atoms with Gasteiger partial charge in [0.15, 0.2) is 0 Å². The van der Waals surface area contributed by atoms with E-state index in [1.165, 1.54) is 0 Å². The van der Waals surface area contributed by atoms with Crippen LogP contribution in [0, 0.1) is 5.81 Å². The molecule has 0 aromatic carbocycles. The molecule has 2 aromatic rings. The number of fused-ring (bicyclic) bond motifs is 1. The number of ether oxygens (including phenoxy) is 1. The first-order valence-corrected chi connectivity index (χ1v) is 7.03. The van der Waals surface area contributed by atoms with E-state index < -0.39 is 0 Å². The zero-order chi connectivity index (χ0) is 13.9. The van der Waals surface area contributed by atoms with Gasteiger partial charge in [-0.1, -0.05) is 0 Å². The van der Waals surface area contributed by atoms with Crippen LogP contribution in [-0.2, 0) is 15.8 Å². The first-order valence-electron chi connectivity index (χ1n) is 6.22. The number of imidazole rings is 1. The summed E-state index contributed by atoms with van der Waals surface area (Å²) in [6, 6.07) is 0.459. The van der Waals surface area contributed by atoms with Crippen LogP contribution < -0.4 is 11.1 Å². The number of hydrogen-bond acceptors (Lipinski definition) is 7. The molecule has 2 aromatic heterocycles. The van der Waals surface area contributed by atoms with Gasteiger partial charge in [-0.15, -0.1) is 0 Å². The summed E-state index contributed by atoms with van der Waals surface area (Å²) in [4.78, 5) is 12.7. The van der Waals surface area contributed by atoms with E-state index in [-0.39, 0.29) is 13.9 Å². The van der Waals surface area contributed by atoms with Gasteiger partial charge in [0, 0.05) is 0 Å². The van der Waals surface area contributed by atoms with E-state index in [0.29, 0.717) is 36.2 Å². The average molecular weight is 292 g/mol. The van der Waals surface area contributed by atoms with Gasteiger partial charge in [0.2, 0.25) is 0 Å². The second-order valence-electron chi connectivity index (χ2n) is 4.49. The number of nitrogens with zero attached hydrogens (tertiary/aromatic N) is 4. The van der Waals surface area contributed by atoms with E-state index in [2.05, 4.69) is 26.1 Å². The van der Waals surface area contributed by atoms with Crippen LogP contribution in [-0.4, -0.2) is 32.2 Å². The summed E-state index contributed by atoms with van der Waals surface area (Å²) in [7, 11) is -0.265. The first kappa shape index (κ1) is 13.1. The minimum atomic E-state index is -0.265. The zero-order valence-corrected chi connectivity index (χ0v) is 11.5. The third-order valence-corrected chi connectivity index (χ3v) is 3.14. The maximum atomic E-state index is 10.2. The Kier molecular flexibility index (Phi) is 3.69. The molecule has 0 radical (unpaired) electrons. The van der Waals surface area contributed by atoms with Crippen LogP contribution in [0.25, 0.3) is 11.2 Å². The fourth-order valence-corrected chi connectivity index (χ4v) is 2.01. The number of aromatic nitrogens is 4. The molecule has 1 saturated carbocycles. The molecule has 2 heterocycles. The quantitative estimate of drug-likeness (QED) is 0.629. The molecule has 3 rings (SSSR count). The van der Waals surface area contributed by atoms with Crippen LogP contribution in [0.2, 0.25) is 0 Å². The average Bonchev–Trinajstić information content (AvgIpc) is 3.15. The Balaban J connectivity index is 1.87. The number of nitrogens with two attached hydrogens (primary N) is 1. The SMILES string of the molecule is Nc1nc(NC2CC2)c2ncn(CCOC#P=O)c2n1. The van der Waals surface area contributed by atoms with E-state index in [0.717, 1.165) is 12.8 Å². The van der Waals surface area contributed by atoms with Crippen molar-refractivity contribution in [1.29, 1.82) is 0 Å². The summed E-state index contributed by atoms with van der Waals surface area (Å²) in [6.07, 6.45) is 3.94. The van der Waals surface area contributed by atoms with Crippen molar-refractivity contribution < 1.29 is 9.30 Å². The summed E-state index contributed by atoms with van der Waals surface area (Å²) >= 11 is 0. The van der Waals surface area contributed by atoms with Crippen molar-refractivity contribution in [2.24, 2.45) is 0 Å². The van der Waals surface area contributed by atoms with E-state index in [1.807, 2.05) is 4.57 Å². The van der Waals surface area contributed by atoms with Crippen LogP contribution in [0.5, 0.6) is 0 Å². The number of hydrogen-bond donors (Lipinski definition) is 2. The summed E-state index contributed by atoms with van der Waals surface area (Å²) in [5.74, 6) is 3.11. The fourth-order valence-electron chi connectivity index (χ4n) is 1.86. The molecule has 1 fully saturated rings. The zero-order valence-electron chi connectivity index (χ0n) is 10.6. The molecule has 20 heavy (non-hydrogen) atoms. The van der Waals surface area contributed by atoms with Gasteiger partial charge in [-0.3, -0.25) is 0 Å². The van der Waals surface area contributed by atoms with Crippen molar-refractivity contribution in [3.05, 3.63) is 6.33 Å². The van der Waals surface area contributed by atoms with Gasteiger partial charge in [-0.2, -0.15) is 0 Å². The molecular formula is C11H13N6O2P. The molecule has 8 nitrogen and oxygen atoms in total. The number of anilines is 2. The molecule has 0 saturated heterocycles. The van der Waals surface area contributed by atoms with Gasteiger partial charge >= 0.3 is 115 Å². The molecule has 0 bridgehead atoms.